The number of nitrogens with two attached hydrogens (primary N) is 1. The Morgan fingerprint density at radius 1 is 0.950 bits per heavy atom. The molecule has 0 amide bonds. The van der Waals surface area contributed by atoms with E-state index in [0.29, 0.717) is 17.9 Å². The van der Waals surface area contributed by atoms with Crippen LogP contribution in [0.4, 0.5) is 15.8 Å². The summed E-state index contributed by atoms with van der Waals surface area (Å²) in [6, 6.07) is 19.0. The fourth-order valence-electron chi connectivity index (χ4n) is 2.31. The highest BCUT2D eigenvalue weighted by molar-refractivity contribution is 5.85. The molecule has 0 unspecified atom stereocenters. The maximum atomic E-state index is 13.7. The Kier molecular flexibility index (Phi) is 3.25. The fourth-order valence-corrected chi connectivity index (χ4v) is 2.31. The highest BCUT2D eigenvalue weighted by Crippen LogP contribution is 2.21. The van der Waals surface area contributed by atoms with E-state index in [1.54, 1.807) is 12.1 Å². The molecule has 2 nitrogen and oxygen atoms in total. The van der Waals surface area contributed by atoms with Gasteiger partial charge in [0.2, 0.25) is 0 Å². The summed E-state index contributed by atoms with van der Waals surface area (Å²) in [6.45, 7) is 0.572. The Balaban J connectivity index is 1.87. The third-order valence-corrected chi connectivity index (χ3v) is 3.34. The van der Waals surface area contributed by atoms with Crippen LogP contribution in [0, 0.1) is 5.82 Å². The molecule has 0 heterocycles. The molecule has 0 fully saturated rings. The lowest BCUT2D eigenvalue weighted by Gasteiger charge is -2.10. The summed E-state index contributed by atoms with van der Waals surface area (Å²) in [5.41, 5.74) is 7.57. The summed E-state index contributed by atoms with van der Waals surface area (Å²) in [5.74, 6) is -0.328. The van der Waals surface area contributed by atoms with Crippen molar-refractivity contribution in [3.8, 4) is 0 Å². The monoisotopic (exact) mass is 266 g/mol. The summed E-state index contributed by atoms with van der Waals surface area (Å²) in [6.07, 6.45) is 0. The van der Waals surface area contributed by atoms with E-state index < -0.39 is 0 Å². The number of rotatable bonds is 3. The first-order valence-electron chi connectivity index (χ1n) is 6.49. The molecule has 0 bridgehead atoms. The van der Waals surface area contributed by atoms with Crippen LogP contribution in [0.15, 0.2) is 60.7 Å². The first kappa shape index (κ1) is 12.5. The molecule has 0 aromatic heterocycles. The van der Waals surface area contributed by atoms with Crippen LogP contribution in [0.1, 0.15) is 5.56 Å². The van der Waals surface area contributed by atoms with Crippen LogP contribution in [-0.4, -0.2) is 0 Å². The molecule has 100 valence electrons. The number of benzene rings is 3. The Hall–Kier alpha value is -2.55. The average Bonchev–Trinajstić information content (AvgIpc) is 2.46. The van der Waals surface area contributed by atoms with Crippen molar-refractivity contribution in [3.63, 3.8) is 0 Å². The molecule has 3 N–H and O–H groups in total. The maximum Gasteiger partial charge on any atom is 0.148 e. The van der Waals surface area contributed by atoms with E-state index in [1.807, 2.05) is 24.3 Å². The lowest BCUT2D eigenvalue weighted by atomic mass is 10.0. The minimum atomic E-state index is -0.328. The Labute approximate surface area is 117 Å². The molecule has 0 saturated heterocycles. The molecular formula is C17H15FN2. The van der Waals surface area contributed by atoms with Crippen molar-refractivity contribution < 1.29 is 4.39 Å². The molecule has 3 heteroatoms. The van der Waals surface area contributed by atoms with Gasteiger partial charge in [-0.05, 0) is 34.5 Å². The summed E-state index contributed by atoms with van der Waals surface area (Å²) in [7, 11) is 0. The second kappa shape index (κ2) is 5.21. The van der Waals surface area contributed by atoms with Crippen LogP contribution in [0.5, 0.6) is 0 Å². The highest BCUT2D eigenvalue weighted by atomic mass is 19.1. The fraction of sp³-hybridized carbons (Fsp3) is 0.0588. The van der Waals surface area contributed by atoms with Crippen molar-refractivity contribution in [1.29, 1.82) is 0 Å². The normalized spacial score (nSPS) is 10.7. The van der Waals surface area contributed by atoms with Gasteiger partial charge < -0.3 is 11.1 Å². The zero-order valence-electron chi connectivity index (χ0n) is 10.9. The molecule has 0 aliphatic carbocycles. The molecule has 3 aromatic carbocycles. The molecule has 0 aliphatic rings. The van der Waals surface area contributed by atoms with E-state index in [9.17, 15) is 4.39 Å². The van der Waals surface area contributed by atoms with Gasteiger partial charge in [0.1, 0.15) is 5.82 Å². The van der Waals surface area contributed by atoms with Crippen molar-refractivity contribution >= 4 is 22.1 Å². The first-order chi connectivity index (χ1) is 9.74. The third-order valence-electron chi connectivity index (χ3n) is 3.34. The number of halogens is 1. The maximum absolute atomic E-state index is 13.7. The topological polar surface area (TPSA) is 38.0 Å². The van der Waals surface area contributed by atoms with Gasteiger partial charge in [-0.15, -0.1) is 0 Å². The van der Waals surface area contributed by atoms with Gasteiger partial charge in [0.05, 0.1) is 5.69 Å². The van der Waals surface area contributed by atoms with Crippen LogP contribution < -0.4 is 11.1 Å². The van der Waals surface area contributed by atoms with Crippen LogP contribution in [0.25, 0.3) is 10.8 Å². The number of nitrogens with one attached hydrogen (secondary N) is 1. The van der Waals surface area contributed by atoms with Gasteiger partial charge in [-0.25, -0.2) is 4.39 Å². The van der Waals surface area contributed by atoms with E-state index >= 15 is 0 Å². The van der Waals surface area contributed by atoms with Gasteiger partial charge in [-0.1, -0.05) is 42.5 Å². The molecule has 0 saturated carbocycles. The van der Waals surface area contributed by atoms with Crippen LogP contribution in [0.2, 0.25) is 0 Å². The summed E-state index contributed by atoms with van der Waals surface area (Å²) < 4.78 is 13.7. The molecule has 0 radical (unpaired) electrons. The molecule has 3 aromatic rings. The summed E-state index contributed by atoms with van der Waals surface area (Å²) in [4.78, 5) is 0. The van der Waals surface area contributed by atoms with E-state index in [0.717, 1.165) is 5.56 Å². The zero-order valence-corrected chi connectivity index (χ0v) is 10.9. The van der Waals surface area contributed by atoms with Gasteiger partial charge in [0.15, 0.2) is 0 Å². The van der Waals surface area contributed by atoms with Crippen molar-refractivity contribution in [2.45, 2.75) is 6.54 Å². The summed E-state index contributed by atoms with van der Waals surface area (Å²) in [5, 5.41) is 5.48. The van der Waals surface area contributed by atoms with Gasteiger partial charge in [-0.2, -0.15) is 0 Å². The second-order valence-electron chi connectivity index (χ2n) is 4.73. The van der Waals surface area contributed by atoms with Crippen molar-refractivity contribution in [3.05, 3.63) is 72.0 Å². The first-order valence-corrected chi connectivity index (χ1v) is 6.49. The number of fused-ring (bicyclic) bond motifs is 1. The quantitative estimate of drug-likeness (QED) is 0.698. The Bertz CT molecular complexity index is 748. The number of anilines is 2. The molecule has 20 heavy (non-hydrogen) atoms. The van der Waals surface area contributed by atoms with Gasteiger partial charge in [0, 0.05) is 12.2 Å². The SMILES string of the molecule is Nc1ccc(NCc2cccc3ccccc23)c(F)c1. The Morgan fingerprint density at radius 3 is 2.60 bits per heavy atom. The van der Waals surface area contributed by atoms with Crippen LogP contribution >= 0.6 is 0 Å². The van der Waals surface area contributed by atoms with Crippen molar-refractivity contribution in [1.82, 2.24) is 0 Å². The standard InChI is InChI=1S/C17H15FN2/c18-16-10-14(19)8-9-17(16)20-11-13-6-3-5-12-4-1-2-7-15(12)13/h1-10,20H,11,19H2. The molecular weight excluding hydrogens is 251 g/mol. The lowest BCUT2D eigenvalue weighted by molar-refractivity contribution is 0.631. The van der Waals surface area contributed by atoms with Gasteiger partial charge in [0.25, 0.3) is 0 Å². The lowest BCUT2D eigenvalue weighted by Crippen LogP contribution is -2.02. The average molecular weight is 266 g/mol. The smallest absolute Gasteiger partial charge is 0.148 e. The largest absolute Gasteiger partial charge is 0.399 e. The van der Waals surface area contributed by atoms with E-state index in [2.05, 4.69) is 23.5 Å². The zero-order chi connectivity index (χ0) is 13.9. The second-order valence-corrected chi connectivity index (χ2v) is 4.73. The minimum Gasteiger partial charge on any atom is -0.399 e. The Morgan fingerprint density at radius 2 is 1.75 bits per heavy atom. The van der Waals surface area contributed by atoms with Crippen molar-refractivity contribution in [2.75, 3.05) is 11.1 Å². The van der Waals surface area contributed by atoms with E-state index in [-0.39, 0.29) is 5.82 Å². The molecule has 3 rings (SSSR count). The highest BCUT2D eigenvalue weighted by Gasteiger charge is 2.04. The molecule has 0 spiro atoms. The van der Waals surface area contributed by atoms with E-state index in [4.69, 9.17) is 5.73 Å². The molecule has 0 atom stereocenters. The number of hydrogen-bond donors (Lipinski definition) is 2. The van der Waals surface area contributed by atoms with Gasteiger partial charge in [-0.3, -0.25) is 0 Å². The minimum absolute atomic E-state index is 0.328. The van der Waals surface area contributed by atoms with Crippen LogP contribution in [-0.2, 0) is 6.54 Å². The summed E-state index contributed by atoms with van der Waals surface area (Å²) >= 11 is 0. The predicted octanol–water partition coefficient (Wildman–Crippen LogP) is 4.17. The van der Waals surface area contributed by atoms with Gasteiger partial charge >= 0.3 is 0 Å². The van der Waals surface area contributed by atoms with Crippen LogP contribution in [0.3, 0.4) is 0 Å². The number of hydrogen-bond acceptors (Lipinski definition) is 2. The third kappa shape index (κ3) is 2.43. The van der Waals surface area contributed by atoms with E-state index in [1.165, 1.54) is 16.8 Å². The van der Waals surface area contributed by atoms with Crippen molar-refractivity contribution in [2.24, 2.45) is 0 Å². The molecule has 0 aliphatic heterocycles. The predicted molar refractivity (Wildman–Crippen MR) is 82.1 cm³/mol. The number of nitrogen functional groups attached to an aromatic ring is 1.